The predicted octanol–water partition coefficient (Wildman–Crippen LogP) is 4.48. The van der Waals surface area contributed by atoms with E-state index in [9.17, 15) is 14.9 Å². The Morgan fingerprint density at radius 3 is 2.17 bits per heavy atom. The van der Waals surface area contributed by atoms with Gasteiger partial charge in [0, 0.05) is 12.1 Å². The smallest absolute Gasteiger partial charge is 0.343 e. The van der Waals surface area contributed by atoms with E-state index in [1.165, 1.54) is 24.3 Å². The summed E-state index contributed by atoms with van der Waals surface area (Å²) in [6.45, 7) is 0. The molecule has 24 heavy (non-hydrogen) atoms. The van der Waals surface area contributed by atoms with Crippen molar-refractivity contribution in [2.45, 2.75) is 0 Å². The standard InChI is InChI=1S/C19H13NO4/c21-19(16-7-4-8-17(13-16)20(22)23)24-18-11-9-15(10-12-18)14-5-2-1-3-6-14/h1-13H. The second-order valence-electron chi connectivity index (χ2n) is 5.09. The molecule has 0 aliphatic heterocycles. The van der Waals surface area contributed by atoms with E-state index < -0.39 is 10.9 Å². The van der Waals surface area contributed by atoms with Crippen LogP contribution >= 0.6 is 0 Å². The van der Waals surface area contributed by atoms with Gasteiger partial charge in [-0.3, -0.25) is 10.1 Å². The summed E-state index contributed by atoms with van der Waals surface area (Å²) in [5.41, 5.74) is 2.06. The number of nitro benzene ring substituents is 1. The Balaban J connectivity index is 1.75. The number of nitrogens with zero attached hydrogens (tertiary/aromatic N) is 1. The highest BCUT2D eigenvalue weighted by atomic mass is 16.6. The zero-order valence-electron chi connectivity index (χ0n) is 12.6. The van der Waals surface area contributed by atoms with Crippen LogP contribution < -0.4 is 4.74 Å². The summed E-state index contributed by atoms with van der Waals surface area (Å²) in [4.78, 5) is 22.3. The zero-order chi connectivity index (χ0) is 16.9. The molecule has 0 heterocycles. The first-order valence-corrected chi connectivity index (χ1v) is 7.25. The van der Waals surface area contributed by atoms with E-state index >= 15 is 0 Å². The van der Waals surface area contributed by atoms with Gasteiger partial charge in [-0.15, -0.1) is 0 Å². The van der Waals surface area contributed by atoms with Gasteiger partial charge in [0.1, 0.15) is 5.75 Å². The van der Waals surface area contributed by atoms with E-state index in [1.54, 1.807) is 12.1 Å². The number of rotatable bonds is 4. The quantitative estimate of drug-likeness (QED) is 0.308. The van der Waals surface area contributed by atoms with Crippen LogP contribution in [0.3, 0.4) is 0 Å². The highest BCUT2D eigenvalue weighted by molar-refractivity contribution is 5.91. The predicted molar refractivity (Wildman–Crippen MR) is 89.9 cm³/mol. The number of carbonyl (C=O) groups is 1. The van der Waals surface area contributed by atoms with Crippen molar-refractivity contribution in [1.29, 1.82) is 0 Å². The van der Waals surface area contributed by atoms with Crippen LogP contribution in [-0.4, -0.2) is 10.9 Å². The third-order valence-corrected chi connectivity index (χ3v) is 3.46. The third kappa shape index (κ3) is 3.47. The number of carbonyl (C=O) groups excluding carboxylic acids is 1. The van der Waals surface area contributed by atoms with Gasteiger partial charge in [0.15, 0.2) is 0 Å². The van der Waals surface area contributed by atoms with E-state index in [2.05, 4.69) is 0 Å². The van der Waals surface area contributed by atoms with Crippen molar-refractivity contribution in [3.8, 4) is 16.9 Å². The summed E-state index contributed by atoms with van der Waals surface area (Å²) >= 11 is 0. The van der Waals surface area contributed by atoms with E-state index in [-0.39, 0.29) is 11.3 Å². The minimum atomic E-state index is -0.633. The number of ether oxygens (including phenoxy) is 1. The molecule has 0 aliphatic carbocycles. The summed E-state index contributed by atoms with van der Waals surface area (Å²) in [7, 11) is 0. The zero-order valence-corrected chi connectivity index (χ0v) is 12.6. The number of esters is 1. The molecule has 3 aromatic carbocycles. The van der Waals surface area contributed by atoms with Gasteiger partial charge in [-0.2, -0.15) is 0 Å². The Labute approximate surface area is 138 Å². The van der Waals surface area contributed by atoms with Gasteiger partial charge in [0.2, 0.25) is 0 Å². The van der Waals surface area contributed by atoms with Crippen molar-refractivity contribution in [3.63, 3.8) is 0 Å². The Morgan fingerprint density at radius 2 is 1.50 bits per heavy atom. The van der Waals surface area contributed by atoms with Crippen LogP contribution in [0.2, 0.25) is 0 Å². The topological polar surface area (TPSA) is 69.4 Å². The molecule has 0 bridgehead atoms. The minimum absolute atomic E-state index is 0.135. The molecule has 0 saturated carbocycles. The van der Waals surface area contributed by atoms with Gasteiger partial charge in [-0.25, -0.2) is 4.79 Å². The van der Waals surface area contributed by atoms with Crippen LogP contribution in [0.15, 0.2) is 78.9 Å². The van der Waals surface area contributed by atoms with Gasteiger partial charge in [-0.1, -0.05) is 48.5 Å². The Kier molecular flexibility index (Phi) is 4.34. The van der Waals surface area contributed by atoms with E-state index in [0.29, 0.717) is 5.75 Å². The van der Waals surface area contributed by atoms with Gasteiger partial charge in [0.25, 0.3) is 5.69 Å². The number of non-ortho nitro benzene ring substituents is 1. The second-order valence-corrected chi connectivity index (χ2v) is 5.09. The first-order valence-electron chi connectivity index (χ1n) is 7.25. The molecule has 0 saturated heterocycles. The lowest BCUT2D eigenvalue weighted by atomic mass is 10.1. The lowest BCUT2D eigenvalue weighted by Gasteiger charge is -2.06. The monoisotopic (exact) mass is 319 g/mol. The normalized spacial score (nSPS) is 10.2. The van der Waals surface area contributed by atoms with Gasteiger partial charge < -0.3 is 4.74 Å². The fourth-order valence-corrected chi connectivity index (χ4v) is 2.26. The van der Waals surface area contributed by atoms with E-state index in [1.807, 2.05) is 42.5 Å². The fraction of sp³-hybridized carbons (Fsp3) is 0. The fourth-order valence-electron chi connectivity index (χ4n) is 2.26. The van der Waals surface area contributed by atoms with Gasteiger partial charge in [-0.05, 0) is 29.3 Å². The van der Waals surface area contributed by atoms with Crippen molar-refractivity contribution in [1.82, 2.24) is 0 Å². The average molecular weight is 319 g/mol. The molecule has 0 unspecified atom stereocenters. The van der Waals surface area contributed by atoms with Crippen molar-refractivity contribution >= 4 is 11.7 Å². The van der Waals surface area contributed by atoms with Crippen LogP contribution in [0, 0.1) is 10.1 Å². The molecule has 0 aromatic heterocycles. The molecule has 0 atom stereocenters. The number of hydrogen-bond acceptors (Lipinski definition) is 4. The van der Waals surface area contributed by atoms with E-state index in [4.69, 9.17) is 4.74 Å². The van der Waals surface area contributed by atoms with Crippen molar-refractivity contribution < 1.29 is 14.5 Å². The molecule has 0 fully saturated rings. The first-order chi connectivity index (χ1) is 11.6. The second kappa shape index (κ2) is 6.75. The average Bonchev–Trinajstić information content (AvgIpc) is 2.63. The molecule has 0 N–H and O–H groups in total. The number of hydrogen-bond donors (Lipinski definition) is 0. The van der Waals surface area contributed by atoms with Crippen LogP contribution in [0.25, 0.3) is 11.1 Å². The largest absolute Gasteiger partial charge is 0.423 e. The van der Waals surface area contributed by atoms with Gasteiger partial charge >= 0.3 is 5.97 Å². The summed E-state index contributed by atoms with van der Waals surface area (Å²) in [6, 6.07) is 22.4. The van der Waals surface area contributed by atoms with Crippen molar-refractivity contribution in [2.24, 2.45) is 0 Å². The molecule has 3 rings (SSSR count). The molecule has 0 spiro atoms. The maximum absolute atomic E-state index is 12.1. The highest BCUT2D eigenvalue weighted by Gasteiger charge is 2.13. The number of benzene rings is 3. The van der Waals surface area contributed by atoms with Crippen LogP contribution in [0.1, 0.15) is 10.4 Å². The molecule has 5 heteroatoms. The van der Waals surface area contributed by atoms with Crippen molar-refractivity contribution in [3.05, 3.63) is 94.5 Å². The molecule has 118 valence electrons. The summed E-state index contributed by atoms with van der Waals surface area (Å²) < 4.78 is 5.26. The molecular weight excluding hydrogens is 306 g/mol. The third-order valence-electron chi connectivity index (χ3n) is 3.46. The van der Waals surface area contributed by atoms with Gasteiger partial charge in [0.05, 0.1) is 10.5 Å². The molecule has 5 nitrogen and oxygen atoms in total. The lowest BCUT2D eigenvalue weighted by Crippen LogP contribution is -2.08. The lowest BCUT2D eigenvalue weighted by molar-refractivity contribution is -0.384. The van der Waals surface area contributed by atoms with Crippen LogP contribution in [0.4, 0.5) is 5.69 Å². The minimum Gasteiger partial charge on any atom is -0.423 e. The summed E-state index contributed by atoms with van der Waals surface area (Å²) in [5, 5.41) is 10.8. The molecular formula is C19H13NO4. The Bertz CT molecular complexity index is 873. The van der Waals surface area contributed by atoms with Crippen LogP contribution in [0.5, 0.6) is 5.75 Å². The number of nitro groups is 1. The molecule has 3 aromatic rings. The van der Waals surface area contributed by atoms with Crippen molar-refractivity contribution in [2.75, 3.05) is 0 Å². The molecule has 0 radical (unpaired) electrons. The molecule has 0 aliphatic rings. The Morgan fingerprint density at radius 1 is 0.833 bits per heavy atom. The maximum Gasteiger partial charge on any atom is 0.343 e. The first kappa shape index (κ1) is 15.4. The van der Waals surface area contributed by atoms with E-state index in [0.717, 1.165) is 11.1 Å². The van der Waals surface area contributed by atoms with Crippen LogP contribution in [-0.2, 0) is 0 Å². The summed E-state index contributed by atoms with van der Waals surface area (Å²) in [5.74, 6) is -0.252. The Hall–Kier alpha value is -3.47. The highest BCUT2D eigenvalue weighted by Crippen LogP contribution is 2.23. The molecule has 0 amide bonds. The SMILES string of the molecule is O=C(Oc1ccc(-c2ccccc2)cc1)c1cccc([N+](=O)[O-])c1. The maximum atomic E-state index is 12.1. The summed E-state index contributed by atoms with van der Waals surface area (Å²) in [6.07, 6.45) is 0.